The fourth-order valence-corrected chi connectivity index (χ4v) is 7.09. The van der Waals surface area contributed by atoms with E-state index in [9.17, 15) is 23.1 Å². The first kappa shape index (κ1) is 34.2. The van der Waals surface area contributed by atoms with E-state index in [4.69, 9.17) is 18.9 Å². The number of rotatable bonds is 12. The molecule has 0 saturated heterocycles. The molecule has 0 aliphatic heterocycles. The molecule has 5 aromatic rings. The second-order valence-corrected chi connectivity index (χ2v) is 13.4. The Labute approximate surface area is 289 Å². The number of nitrogens with zero attached hydrogens (tertiary/aromatic N) is 1. The highest BCUT2D eigenvalue weighted by molar-refractivity contribution is 7.89. The smallest absolute Gasteiger partial charge is 0.337 e. The Kier molecular flexibility index (Phi) is 10.2. The van der Waals surface area contributed by atoms with Crippen molar-refractivity contribution in [1.29, 1.82) is 0 Å². The number of hydrogen-bond donors (Lipinski definition) is 3. The zero-order valence-corrected chi connectivity index (χ0v) is 28.1. The maximum atomic E-state index is 13.0. The lowest BCUT2D eigenvalue weighted by molar-refractivity contribution is 0.0698. The molecule has 0 atom stereocenters. The van der Waals surface area contributed by atoms with E-state index in [0.29, 0.717) is 42.9 Å². The third kappa shape index (κ3) is 7.96. The quantitative estimate of drug-likeness (QED) is 0.128. The first-order chi connectivity index (χ1) is 24.1. The first-order valence-electron chi connectivity index (χ1n) is 15.8. The van der Waals surface area contributed by atoms with Crippen molar-refractivity contribution < 1.29 is 42.1 Å². The average Bonchev–Trinajstić information content (AvgIpc) is 3.12. The van der Waals surface area contributed by atoms with E-state index in [2.05, 4.69) is 15.0 Å². The van der Waals surface area contributed by atoms with E-state index < -0.39 is 21.9 Å². The largest absolute Gasteiger partial charge is 0.493 e. The number of ether oxygens (including phenoxy) is 4. The fourth-order valence-electron chi connectivity index (χ4n) is 5.77. The molecule has 13 heteroatoms. The van der Waals surface area contributed by atoms with Gasteiger partial charge in [0.1, 0.15) is 11.5 Å². The van der Waals surface area contributed by atoms with Gasteiger partial charge in [-0.15, -0.1) is 0 Å². The molecule has 4 aromatic carbocycles. The molecule has 1 aromatic heterocycles. The minimum absolute atomic E-state index is 0.0115. The van der Waals surface area contributed by atoms with Gasteiger partial charge in [-0.2, -0.15) is 0 Å². The summed E-state index contributed by atoms with van der Waals surface area (Å²) >= 11 is 0. The molecule has 6 rings (SSSR count). The predicted octanol–water partition coefficient (Wildman–Crippen LogP) is 6.66. The highest BCUT2D eigenvalue weighted by atomic mass is 32.2. The lowest BCUT2D eigenvalue weighted by atomic mass is 9.93. The zero-order chi connectivity index (χ0) is 35.3. The van der Waals surface area contributed by atoms with E-state index in [-0.39, 0.29) is 39.7 Å². The number of fused-ring (bicyclic) bond motifs is 1. The van der Waals surface area contributed by atoms with Crippen LogP contribution < -0.4 is 29.0 Å². The van der Waals surface area contributed by atoms with Gasteiger partial charge >= 0.3 is 5.97 Å². The summed E-state index contributed by atoms with van der Waals surface area (Å²) in [6.07, 6.45) is 4.01. The van der Waals surface area contributed by atoms with Crippen molar-refractivity contribution >= 4 is 38.4 Å². The molecular formula is C37H35N3O9S. The zero-order valence-electron chi connectivity index (χ0n) is 27.3. The summed E-state index contributed by atoms with van der Waals surface area (Å²) < 4.78 is 51.6. The van der Waals surface area contributed by atoms with E-state index in [1.807, 2.05) is 36.4 Å². The molecule has 0 unspecified atom stereocenters. The molecule has 1 heterocycles. The van der Waals surface area contributed by atoms with E-state index in [0.717, 1.165) is 16.5 Å². The van der Waals surface area contributed by atoms with Gasteiger partial charge in [-0.25, -0.2) is 22.9 Å². The molecular weight excluding hydrogens is 662 g/mol. The summed E-state index contributed by atoms with van der Waals surface area (Å²) in [7, 11) is -0.775. The topological polar surface area (TPSA) is 162 Å². The molecule has 50 heavy (non-hydrogen) atoms. The summed E-state index contributed by atoms with van der Waals surface area (Å²) in [5.74, 6) is 0.737. The normalized spacial score (nSPS) is 16.0. The summed E-state index contributed by atoms with van der Waals surface area (Å²) in [5.41, 5.74) is 0.423. The van der Waals surface area contributed by atoms with Crippen LogP contribution in [0.4, 0.5) is 5.69 Å². The first-order valence-corrected chi connectivity index (χ1v) is 17.3. The second-order valence-electron chi connectivity index (χ2n) is 11.7. The van der Waals surface area contributed by atoms with Crippen LogP contribution >= 0.6 is 0 Å². The van der Waals surface area contributed by atoms with Crippen molar-refractivity contribution in [1.82, 2.24) is 9.71 Å². The number of hydrogen-bond acceptors (Lipinski definition) is 9. The maximum Gasteiger partial charge on any atom is 0.337 e. The van der Waals surface area contributed by atoms with Gasteiger partial charge < -0.3 is 29.4 Å². The molecule has 0 bridgehead atoms. The molecule has 12 nitrogen and oxygen atoms in total. The average molecular weight is 698 g/mol. The Morgan fingerprint density at radius 3 is 2.18 bits per heavy atom. The highest BCUT2D eigenvalue weighted by Crippen LogP contribution is 2.32. The molecule has 258 valence electrons. The van der Waals surface area contributed by atoms with Crippen LogP contribution in [0.5, 0.6) is 28.9 Å². The number of aromatic carboxylic acids is 1. The van der Waals surface area contributed by atoms with E-state index in [1.54, 1.807) is 30.3 Å². The Hall–Kier alpha value is -5.66. The number of methoxy groups -OCH3 is 2. The van der Waals surface area contributed by atoms with Crippen LogP contribution in [0.25, 0.3) is 10.8 Å². The van der Waals surface area contributed by atoms with Gasteiger partial charge in [-0.3, -0.25) is 4.79 Å². The SMILES string of the molecule is COc1ccc(S(=O)(=O)NC2CCC(Oc3ccc4cc(Oc5ccc(C(=O)Nc6ccccc6C(=O)O)cn5)ccc4c3)CC2)cc1OC. The predicted molar refractivity (Wildman–Crippen MR) is 186 cm³/mol. The van der Waals surface area contributed by atoms with Crippen molar-refractivity contribution in [3.05, 3.63) is 108 Å². The van der Waals surface area contributed by atoms with Gasteiger partial charge in [0.25, 0.3) is 5.91 Å². The number of carboxylic acids is 1. The number of carboxylic acid groups (broad SMARTS) is 1. The van der Waals surface area contributed by atoms with Crippen LogP contribution in [-0.2, 0) is 10.0 Å². The summed E-state index contributed by atoms with van der Waals surface area (Å²) in [5, 5.41) is 13.8. The highest BCUT2D eigenvalue weighted by Gasteiger charge is 2.27. The van der Waals surface area contributed by atoms with Gasteiger partial charge in [0, 0.05) is 24.4 Å². The Balaban J connectivity index is 1.02. The van der Waals surface area contributed by atoms with Gasteiger partial charge in [0.15, 0.2) is 11.5 Å². The maximum absolute atomic E-state index is 13.0. The molecule has 1 saturated carbocycles. The number of pyridine rings is 1. The third-order valence-corrected chi connectivity index (χ3v) is 9.89. The van der Waals surface area contributed by atoms with Crippen LogP contribution in [0.1, 0.15) is 46.4 Å². The van der Waals surface area contributed by atoms with Crippen LogP contribution in [0.3, 0.4) is 0 Å². The molecule has 1 fully saturated rings. The number of carbonyl (C=O) groups is 2. The van der Waals surface area contributed by atoms with Crippen molar-refractivity contribution in [3.63, 3.8) is 0 Å². The number of aromatic nitrogens is 1. The standard InChI is InChI=1S/C37H35N3O9S/c1-46-33-17-16-30(21-34(33)47-2)50(44,45)40-26-10-14-27(15-11-26)48-28-12-7-24-20-29(13-8-23(24)19-28)49-35-18-9-25(22-38-35)36(41)39-32-6-4-3-5-31(32)37(42)43/h3-9,12-13,16-22,26-27,40H,10-11,14-15H2,1-2H3,(H,39,41)(H,42,43). The van der Waals surface area contributed by atoms with Crippen molar-refractivity contribution in [2.75, 3.05) is 19.5 Å². The van der Waals surface area contributed by atoms with E-state index >= 15 is 0 Å². The summed E-state index contributed by atoms with van der Waals surface area (Å²) in [6.45, 7) is 0. The van der Waals surface area contributed by atoms with Crippen LogP contribution in [0.15, 0.2) is 102 Å². The molecule has 1 aliphatic rings. The minimum atomic E-state index is -3.73. The molecule has 1 aliphatic carbocycles. The lowest BCUT2D eigenvalue weighted by Gasteiger charge is -2.29. The van der Waals surface area contributed by atoms with Gasteiger partial charge in [-0.1, -0.05) is 24.3 Å². The second kappa shape index (κ2) is 14.8. The lowest BCUT2D eigenvalue weighted by Crippen LogP contribution is -2.39. The van der Waals surface area contributed by atoms with Crippen molar-refractivity contribution in [2.45, 2.75) is 42.7 Å². The number of anilines is 1. The molecule has 0 spiro atoms. The minimum Gasteiger partial charge on any atom is -0.493 e. The molecule has 0 radical (unpaired) electrons. The Morgan fingerprint density at radius 1 is 0.800 bits per heavy atom. The number of sulfonamides is 1. The van der Waals surface area contributed by atoms with E-state index in [1.165, 1.54) is 44.7 Å². The van der Waals surface area contributed by atoms with Crippen LogP contribution in [-0.4, -0.2) is 56.8 Å². The number of benzene rings is 4. The molecule has 1 amide bonds. The summed E-state index contributed by atoms with van der Waals surface area (Å²) in [6, 6.07) is 25.0. The molecule has 3 N–H and O–H groups in total. The van der Waals surface area contributed by atoms with Gasteiger partial charge in [-0.05, 0) is 91.1 Å². The number of para-hydroxylation sites is 1. The van der Waals surface area contributed by atoms with Crippen LogP contribution in [0.2, 0.25) is 0 Å². The van der Waals surface area contributed by atoms with Crippen LogP contribution in [0, 0.1) is 0 Å². The fraction of sp³-hybridized carbons (Fsp3) is 0.216. The van der Waals surface area contributed by atoms with Crippen molar-refractivity contribution in [2.24, 2.45) is 0 Å². The van der Waals surface area contributed by atoms with Gasteiger partial charge in [0.2, 0.25) is 15.9 Å². The van der Waals surface area contributed by atoms with Gasteiger partial charge in [0.05, 0.1) is 42.0 Å². The monoisotopic (exact) mass is 697 g/mol. The van der Waals surface area contributed by atoms with Crippen molar-refractivity contribution in [3.8, 4) is 28.9 Å². The Morgan fingerprint density at radius 2 is 1.50 bits per heavy atom. The summed E-state index contributed by atoms with van der Waals surface area (Å²) in [4.78, 5) is 28.5. The number of amides is 1. The Bertz CT molecular complexity index is 2130. The number of carbonyl (C=O) groups excluding carboxylic acids is 1. The third-order valence-electron chi connectivity index (χ3n) is 8.37. The number of nitrogens with one attached hydrogen (secondary N) is 2.